The van der Waals surface area contributed by atoms with Crippen molar-refractivity contribution in [3.05, 3.63) is 35.9 Å². The number of likely N-dealkylation sites (N-methyl/N-ethyl adjacent to an activating group) is 2. The van der Waals surface area contributed by atoms with Crippen molar-refractivity contribution in [2.24, 2.45) is 5.73 Å². The average Bonchev–Trinajstić information content (AvgIpc) is 2.45. The molecule has 5 nitrogen and oxygen atoms in total. The van der Waals surface area contributed by atoms with Gasteiger partial charge in [0, 0.05) is 13.1 Å². The molecule has 118 valence electrons. The number of hydrogen-bond donors (Lipinski definition) is 2. The zero-order valence-electron chi connectivity index (χ0n) is 12.8. The number of rotatable bonds is 6. The van der Waals surface area contributed by atoms with Crippen LogP contribution in [0.2, 0.25) is 0 Å². The molecule has 0 spiro atoms. The Morgan fingerprint density at radius 2 is 1.81 bits per heavy atom. The molecule has 3 N–H and O–H groups in total. The van der Waals surface area contributed by atoms with E-state index in [1.807, 2.05) is 44.2 Å². The quantitative estimate of drug-likeness (QED) is 0.830. The minimum atomic E-state index is -1.14. The van der Waals surface area contributed by atoms with Crippen LogP contribution < -0.4 is 11.1 Å². The minimum Gasteiger partial charge on any atom is -0.355 e. The lowest BCUT2D eigenvalue weighted by Gasteiger charge is -2.31. The number of amides is 2. The van der Waals surface area contributed by atoms with Crippen LogP contribution in [0.1, 0.15) is 26.3 Å². The number of benzene rings is 1. The molecule has 0 aliphatic heterocycles. The molecule has 0 bridgehead atoms. The first-order valence-electron chi connectivity index (χ1n) is 6.83. The maximum Gasteiger partial charge on any atom is 0.247 e. The van der Waals surface area contributed by atoms with Crippen LogP contribution in [0.3, 0.4) is 0 Å². The summed E-state index contributed by atoms with van der Waals surface area (Å²) in [7, 11) is 0. The van der Waals surface area contributed by atoms with E-state index < -0.39 is 5.54 Å². The first-order valence-corrected chi connectivity index (χ1v) is 6.83. The molecule has 6 heteroatoms. The molecule has 1 aromatic rings. The highest BCUT2D eigenvalue weighted by molar-refractivity contribution is 5.90. The second kappa shape index (κ2) is 8.64. The van der Waals surface area contributed by atoms with Gasteiger partial charge in [0.05, 0.1) is 6.54 Å². The first kappa shape index (κ1) is 19.4. The van der Waals surface area contributed by atoms with Crippen LogP contribution in [0.5, 0.6) is 0 Å². The summed E-state index contributed by atoms with van der Waals surface area (Å²) < 4.78 is 0. The number of carbonyl (C=O) groups is 2. The van der Waals surface area contributed by atoms with Crippen LogP contribution in [0.25, 0.3) is 0 Å². The lowest BCUT2D eigenvalue weighted by Crippen LogP contribution is -2.53. The van der Waals surface area contributed by atoms with E-state index in [-0.39, 0.29) is 30.8 Å². The van der Waals surface area contributed by atoms with Crippen molar-refractivity contribution in [3.63, 3.8) is 0 Å². The van der Waals surface area contributed by atoms with Gasteiger partial charge in [-0.15, -0.1) is 12.4 Å². The fourth-order valence-corrected chi connectivity index (χ4v) is 1.99. The monoisotopic (exact) mass is 313 g/mol. The molecule has 0 fully saturated rings. The Labute approximate surface area is 132 Å². The van der Waals surface area contributed by atoms with E-state index in [0.717, 1.165) is 5.56 Å². The van der Waals surface area contributed by atoms with Gasteiger partial charge in [0.2, 0.25) is 11.8 Å². The van der Waals surface area contributed by atoms with E-state index in [4.69, 9.17) is 5.73 Å². The lowest BCUT2D eigenvalue weighted by atomic mass is 9.91. The van der Waals surface area contributed by atoms with Crippen LogP contribution in [0.15, 0.2) is 30.3 Å². The average molecular weight is 314 g/mol. The predicted octanol–water partition coefficient (Wildman–Crippen LogP) is 1.27. The van der Waals surface area contributed by atoms with E-state index in [9.17, 15) is 9.59 Å². The summed E-state index contributed by atoms with van der Waals surface area (Å²) in [5, 5.41) is 2.68. The Hall–Kier alpha value is -1.59. The highest BCUT2D eigenvalue weighted by Crippen LogP contribution is 2.20. The Morgan fingerprint density at radius 3 is 2.29 bits per heavy atom. The number of nitrogens with two attached hydrogens (primary N) is 1. The van der Waals surface area contributed by atoms with Gasteiger partial charge in [0.1, 0.15) is 5.54 Å². The van der Waals surface area contributed by atoms with Crippen LogP contribution in [-0.4, -0.2) is 36.3 Å². The topological polar surface area (TPSA) is 75.4 Å². The Bertz CT molecular complexity index is 463. The summed E-state index contributed by atoms with van der Waals surface area (Å²) >= 11 is 0. The maximum absolute atomic E-state index is 12.6. The number of carbonyl (C=O) groups excluding carboxylic acids is 2. The number of halogens is 1. The molecule has 21 heavy (non-hydrogen) atoms. The maximum atomic E-state index is 12.6. The highest BCUT2D eigenvalue weighted by atomic mass is 35.5. The second-order valence-electron chi connectivity index (χ2n) is 4.84. The third-order valence-corrected chi connectivity index (χ3v) is 3.20. The van der Waals surface area contributed by atoms with Crippen molar-refractivity contribution in [1.82, 2.24) is 10.2 Å². The van der Waals surface area contributed by atoms with Gasteiger partial charge in [-0.2, -0.15) is 0 Å². The molecule has 1 atom stereocenters. The summed E-state index contributed by atoms with van der Waals surface area (Å²) in [5.74, 6) is -0.427. The van der Waals surface area contributed by atoms with E-state index in [1.54, 1.807) is 6.92 Å². The first-order chi connectivity index (χ1) is 9.43. The van der Waals surface area contributed by atoms with Crippen molar-refractivity contribution in [1.29, 1.82) is 0 Å². The van der Waals surface area contributed by atoms with Crippen molar-refractivity contribution < 1.29 is 9.59 Å². The molecule has 0 heterocycles. The standard InChI is InChI=1S/C15H23N3O2.ClH/c1-4-17-13(19)11-18(5-2)14(20)15(3,16)12-9-7-6-8-10-12;/h6-10H,4-5,11,16H2,1-3H3,(H,17,19);1H. The second-order valence-corrected chi connectivity index (χ2v) is 4.84. The number of nitrogens with zero attached hydrogens (tertiary/aromatic N) is 1. The molecule has 0 saturated heterocycles. The van der Waals surface area contributed by atoms with Gasteiger partial charge in [-0.1, -0.05) is 30.3 Å². The van der Waals surface area contributed by atoms with Crippen molar-refractivity contribution >= 4 is 24.2 Å². The lowest BCUT2D eigenvalue weighted by molar-refractivity contribution is -0.140. The van der Waals surface area contributed by atoms with Crippen LogP contribution in [0.4, 0.5) is 0 Å². The highest BCUT2D eigenvalue weighted by Gasteiger charge is 2.34. The Balaban J connectivity index is 0.00000400. The van der Waals surface area contributed by atoms with E-state index >= 15 is 0 Å². The van der Waals surface area contributed by atoms with Gasteiger partial charge < -0.3 is 16.0 Å². The van der Waals surface area contributed by atoms with Gasteiger partial charge in [-0.25, -0.2) is 0 Å². The summed E-state index contributed by atoms with van der Waals surface area (Å²) in [4.78, 5) is 25.7. The molecule has 0 saturated carbocycles. The molecule has 2 amide bonds. The smallest absolute Gasteiger partial charge is 0.247 e. The fraction of sp³-hybridized carbons (Fsp3) is 0.467. The van der Waals surface area contributed by atoms with Crippen LogP contribution in [0, 0.1) is 0 Å². The fourth-order valence-electron chi connectivity index (χ4n) is 1.99. The van der Waals surface area contributed by atoms with E-state index in [0.29, 0.717) is 13.1 Å². The molecular weight excluding hydrogens is 290 g/mol. The molecule has 0 aromatic heterocycles. The third-order valence-electron chi connectivity index (χ3n) is 3.20. The largest absolute Gasteiger partial charge is 0.355 e. The van der Waals surface area contributed by atoms with E-state index in [1.165, 1.54) is 4.90 Å². The molecule has 1 rings (SSSR count). The van der Waals surface area contributed by atoms with Gasteiger partial charge in [-0.3, -0.25) is 9.59 Å². The number of hydrogen-bond acceptors (Lipinski definition) is 3. The molecule has 0 aliphatic rings. The van der Waals surface area contributed by atoms with E-state index in [2.05, 4.69) is 5.32 Å². The Morgan fingerprint density at radius 1 is 1.24 bits per heavy atom. The number of nitrogens with one attached hydrogen (secondary N) is 1. The predicted molar refractivity (Wildman–Crippen MR) is 86.2 cm³/mol. The summed E-state index contributed by atoms with van der Waals surface area (Å²) in [6, 6.07) is 9.19. The summed E-state index contributed by atoms with van der Waals surface area (Å²) in [6.45, 7) is 6.36. The summed E-state index contributed by atoms with van der Waals surface area (Å²) in [5.41, 5.74) is 5.79. The summed E-state index contributed by atoms with van der Waals surface area (Å²) in [6.07, 6.45) is 0. The Kier molecular flexibility index (Phi) is 7.99. The minimum absolute atomic E-state index is 0. The molecule has 0 aliphatic carbocycles. The van der Waals surface area contributed by atoms with Crippen LogP contribution >= 0.6 is 12.4 Å². The normalized spacial score (nSPS) is 12.8. The van der Waals surface area contributed by atoms with Crippen molar-refractivity contribution in [2.45, 2.75) is 26.3 Å². The van der Waals surface area contributed by atoms with Crippen molar-refractivity contribution in [3.8, 4) is 0 Å². The SMILES string of the molecule is CCNC(=O)CN(CC)C(=O)C(C)(N)c1ccccc1.Cl. The van der Waals surface area contributed by atoms with Crippen molar-refractivity contribution in [2.75, 3.05) is 19.6 Å². The van der Waals surface area contributed by atoms with Gasteiger partial charge in [-0.05, 0) is 26.3 Å². The molecule has 1 unspecified atom stereocenters. The van der Waals surface area contributed by atoms with Gasteiger partial charge >= 0.3 is 0 Å². The van der Waals surface area contributed by atoms with Gasteiger partial charge in [0.25, 0.3) is 0 Å². The molecule has 1 aromatic carbocycles. The zero-order chi connectivity index (χ0) is 15.2. The molecular formula is C15H24ClN3O2. The molecule has 0 radical (unpaired) electrons. The van der Waals surface area contributed by atoms with Crippen LogP contribution in [-0.2, 0) is 15.1 Å². The third kappa shape index (κ3) is 5.02. The van der Waals surface area contributed by atoms with Gasteiger partial charge in [0.15, 0.2) is 0 Å². The zero-order valence-corrected chi connectivity index (χ0v) is 13.6.